The van der Waals surface area contributed by atoms with E-state index in [1.165, 1.54) is 13.0 Å². The summed E-state index contributed by atoms with van der Waals surface area (Å²) in [4.78, 5) is 50.9. The van der Waals surface area contributed by atoms with Crippen LogP contribution in [0.15, 0.2) is 23.3 Å². The SMILES string of the molecule is CC(=CC(=O)CC(C)C(=O)O)C1C(O)CC2(C)C1(C)C(=O)C=C1C3(C)CCC(=O)C(C)(C)C3CC3OC132. The molecule has 0 amide bonds. The lowest BCUT2D eigenvalue weighted by Gasteiger charge is -2.60. The molecule has 5 aliphatic rings. The molecular formula is C30H40O7. The molecule has 9 atom stereocenters. The first kappa shape index (κ1) is 26.5. The molecule has 9 unspecified atom stereocenters. The molecule has 0 radical (unpaired) electrons. The van der Waals surface area contributed by atoms with Gasteiger partial charge in [-0.3, -0.25) is 19.2 Å². The van der Waals surface area contributed by atoms with E-state index in [0.717, 1.165) is 12.0 Å². The number of fused-ring (bicyclic) bond motifs is 3. The second-order valence-corrected chi connectivity index (χ2v) is 13.7. The first-order valence-electron chi connectivity index (χ1n) is 13.6. The summed E-state index contributed by atoms with van der Waals surface area (Å²) >= 11 is 0. The zero-order valence-electron chi connectivity index (χ0n) is 23.0. The molecule has 1 heterocycles. The van der Waals surface area contributed by atoms with Crippen molar-refractivity contribution >= 4 is 23.3 Å². The molecule has 7 heteroatoms. The molecule has 1 spiro atoms. The van der Waals surface area contributed by atoms with Gasteiger partial charge in [0.25, 0.3) is 0 Å². The number of aliphatic hydroxyl groups excluding tert-OH is 1. The molecule has 37 heavy (non-hydrogen) atoms. The number of hydrogen-bond donors (Lipinski definition) is 2. The first-order valence-corrected chi connectivity index (χ1v) is 13.6. The first-order chi connectivity index (χ1) is 17.0. The zero-order chi connectivity index (χ0) is 27.5. The maximum absolute atomic E-state index is 14.2. The van der Waals surface area contributed by atoms with E-state index in [1.54, 1.807) is 13.0 Å². The molecule has 202 valence electrons. The van der Waals surface area contributed by atoms with Gasteiger partial charge in [-0.1, -0.05) is 47.1 Å². The predicted molar refractivity (Wildman–Crippen MR) is 135 cm³/mol. The van der Waals surface area contributed by atoms with E-state index >= 15 is 0 Å². The minimum Gasteiger partial charge on any atom is -0.481 e. The van der Waals surface area contributed by atoms with Gasteiger partial charge in [0.2, 0.25) is 0 Å². The highest BCUT2D eigenvalue weighted by Crippen LogP contribution is 2.79. The van der Waals surface area contributed by atoms with E-state index in [9.17, 15) is 29.4 Å². The number of carboxylic acids is 1. The summed E-state index contributed by atoms with van der Waals surface area (Å²) in [5, 5.41) is 20.6. The number of allylic oxidation sites excluding steroid dienone is 2. The molecule has 4 fully saturated rings. The number of aliphatic hydroxyl groups is 1. The molecule has 3 saturated carbocycles. The van der Waals surface area contributed by atoms with Crippen LogP contribution in [0.4, 0.5) is 0 Å². The summed E-state index contributed by atoms with van der Waals surface area (Å²) in [6.45, 7) is 13.5. The molecule has 0 aromatic heterocycles. The summed E-state index contributed by atoms with van der Waals surface area (Å²) in [5.74, 6) is -2.48. The largest absolute Gasteiger partial charge is 0.481 e. The van der Waals surface area contributed by atoms with Gasteiger partial charge in [0.05, 0.1) is 18.1 Å². The number of aliphatic carboxylic acids is 1. The summed E-state index contributed by atoms with van der Waals surface area (Å²) in [5.41, 5.74) is -1.61. The van der Waals surface area contributed by atoms with Crippen LogP contribution in [0.5, 0.6) is 0 Å². The number of rotatable bonds is 5. The Bertz CT molecular complexity index is 1180. The van der Waals surface area contributed by atoms with Crippen LogP contribution in [0, 0.1) is 39.4 Å². The Labute approximate surface area is 218 Å². The van der Waals surface area contributed by atoms with Crippen LogP contribution >= 0.6 is 0 Å². The number of carboxylic acid groups (broad SMARTS) is 1. The Morgan fingerprint density at radius 3 is 2.46 bits per heavy atom. The lowest BCUT2D eigenvalue weighted by molar-refractivity contribution is -0.143. The molecule has 1 saturated heterocycles. The van der Waals surface area contributed by atoms with Gasteiger partial charge in [0, 0.05) is 35.0 Å². The Morgan fingerprint density at radius 1 is 1.19 bits per heavy atom. The molecule has 0 aromatic rings. The van der Waals surface area contributed by atoms with Crippen molar-refractivity contribution in [1.82, 2.24) is 0 Å². The van der Waals surface area contributed by atoms with Crippen LogP contribution in [-0.4, -0.2) is 51.3 Å². The fourth-order valence-electron chi connectivity index (χ4n) is 9.34. The lowest BCUT2D eigenvalue weighted by Crippen LogP contribution is -2.63. The lowest BCUT2D eigenvalue weighted by atomic mass is 9.41. The van der Waals surface area contributed by atoms with Gasteiger partial charge in [-0.05, 0) is 55.2 Å². The number of ether oxygens (including phenoxy) is 1. The molecule has 1 aliphatic heterocycles. The van der Waals surface area contributed by atoms with Crippen molar-refractivity contribution in [3.05, 3.63) is 23.3 Å². The van der Waals surface area contributed by atoms with Crippen molar-refractivity contribution < 1.29 is 34.1 Å². The zero-order valence-corrected chi connectivity index (χ0v) is 23.0. The highest BCUT2D eigenvalue weighted by atomic mass is 16.6. The number of carbonyl (C=O) groups is 4. The fourth-order valence-corrected chi connectivity index (χ4v) is 9.34. The summed E-state index contributed by atoms with van der Waals surface area (Å²) in [6.07, 6.45) is 4.36. The van der Waals surface area contributed by atoms with Crippen LogP contribution in [0.3, 0.4) is 0 Å². The Morgan fingerprint density at radius 2 is 1.84 bits per heavy atom. The van der Waals surface area contributed by atoms with Crippen molar-refractivity contribution in [3.63, 3.8) is 0 Å². The predicted octanol–water partition coefficient (Wildman–Crippen LogP) is 4.07. The van der Waals surface area contributed by atoms with Crippen molar-refractivity contribution in [3.8, 4) is 0 Å². The highest BCUT2D eigenvalue weighted by molar-refractivity contribution is 6.00. The molecule has 2 N–H and O–H groups in total. The van der Waals surface area contributed by atoms with Crippen molar-refractivity contribution in [2.24, 2.45) is 39.4 Å². The van der Waals surface area contributed by atoms with E-state index in [1.807, 2.05) is 20.8 Å². The number of Topliss-reactive ketones (excluding diaryl/α,β-unsaturated/α-hetero) is 1. The van der Waals surface area contributed by atoms with Crippen molar-refractivity contribution in [2.75, 3.05) is 0 Å². The maximum atomic E-state index is 14.2. The molecule has 4 aliphatic carbocycles. The van der Waals surface area contributed by atoms with Crippen molar-refractivity contribution in [1.29, 1.82) is 0 Å². The van der Waals surface area contributed by atoms with Gasteiger partial charge < -0.3 is 14.9 Å². The summed E-state index contributed by atoms with van der Waals surface area (Å²) < 4.78 is 6.63. The molecule has 7 nitrogen and oxygen atoms in total. The number of epoxide rings is 1. The normalized spacial score (nSPS) is 46.7. The highest BCUT2D eigenvalue weighted by Gasteiger charge is 2.84. The van der Waals surface area contributed by atoms with Gasteiger partial charge in [-0.15, -0.1) is 0 Å². The van der Waals surface area contributed by atoms with Gasteiger partial charge in [-0.2, -0.15) is 0 Å². The minimum atomic E-state index is -1.03. The topological polar surface area (TPSA) is 121 Å². The van der Waals surface area contributed by atoms with Crippen LogP contribution in [0.25, 0.3) is 0 Å². The third-order valence-electron chi connectivity index (χ3n) is 11.6. The smallest absolute Gasteiger partial charge is 0.306 e. The van der Waals surface area contributed by atoms with Crippen LogP contribution in [0.2, 0.25) is 0 Å². The van der Waals surface area contributed by atoms with Crippen LogP contribution < -0.4 is 0 Å². The monoisotopic (exact) mass is 512 g/mol. The van der Waals surface area contributed by atoms with Gasteiger partial charge in [-0.25, -0.2) is 0 Å². The van der Waals surface area contributed by atoms with E-state index in [0.29, 0.717) is 24.8 Å². The average Bonchev–Trinajstić information content (AvgIpc) is 3.47. The van der Waals surface area contributed by atoms with E-state index < -0.39 is 45.8 Å². The molecule has 0 bridgehead atoms. The van der Waals surface area contributed by atoms with Crippen LogP contribution in [-0.2, 0) is 23.9 Å². The third-order valence-corrected chi connectivity index (χ3v) is 11.6. The fraction of sp³-hybridized carbons (Fsp3) is 0.733. The molecule has 0 aromatic carbocycles. The van der Waals surface area contributed by atoms with E-state index in [2.05, 4.69) is 13.8 Å². The average molecular weight is 513 g/mol. The summed E-state index contributed by atoms with van der Waals surface area (Å²) in [6, 6.07) is 0. The number of carbonyl (C=O) groups excluding carboxylic acids is 3. The second-order valence-electron chi connectivity index (χ2n) is 13.7. The molecular weight excluding hydrogens is 472 g/mol. The standard InChI is InChI=1S/C30H40O7/c1-15(10-17(31)11-16(2)25(35)36)24-18(32)14-28(6)29(24,7)22(34)12-20-27(5)9-8-21(33)26(3,4)19(27)13-23-30(20,28)37-23/h10,12,16,18-19,23-24,32H,8-9,11,13-14H2,1-7H3,(H,35,36). The Kier molecular flexibility index (Phi) is 5.53. The number of hydrogen-bond acceptors (Lipinski definition) is 6. The Balaban J connectivity index is 1.57. The van der Waals surface area contributed by atoms with Gasteiger partial charge >= 0.3 is 5.97 Å². The van der Waals surface area contributed by atoms with E-state index in [-0.39, 0.29) is 41.2 Å². The van der Waals surface area contributed by atoms with E-state index in [4.69, 9.17) is 4.74 Å². The minimum absolute atomic E-state index is 0.0675. The second kappa shape index (κ2) is 7.72. The van der Waals surface area contributed by atoms with Gasteiger partial charge in [0.1, 0.15) is 11.4 Å². The van der Waals surface area contributed by atoms with Crippen LogP contribution in [0.1, 0.15) is 80.6 Å². The van der Waals surface area contributed by atoms with Crippen molar-refractivity contribution in [2.45, 2.75) is 98.4 Å². The summed E-state index contributed by atoms with van der Waals surface area (Å²) in [7, 11) is 0. The Hall–Kier alpha value is -2.12. The van der Waals surface area contributed by atoms with Gasteiger partial charge in [0.15, 0.2) is 11.6 Å². The number of ketones is 3. The third kappa shape index (κ3) is 3.07. The molecule has 5 rings (SSSR count). The maximum Gasteiger partial charge on any atom is 0.306 e. The quantitative estimate of drug-likeness (QED) is 0.421.